The van der Waals surface area contributed by atoms with Crippen molar-refractivity contribution in [3.8, 4) is 6.07 Å². The highest BCUT2D eigenvalue weighted by Gasteiger charge is 2.04. The van der Waals surface area contributed by atoms with Crippen LogP contribution in [0, 0.1) is 18.3 Å². The molecule has 0 aliphatic carbocycles. The van der Waals surface area contributed by atoms with Gasteiger partial charge in [-0.05, 0) is 24.6 Å². The molecule has 1 aromatic carbocycles. The molecule has 0 saturated heterocycles. The lowest BCUT2D eigenvalue weighted by Gasteiger charge is -2.18. The fourth-order valence-electron chi connectivity index (χ4n) is 1.86. The molecule has 0 spiro atoms. The summed E-state index contributed by atoms with van der Waals surface area (Å²) >= 11 is 0. The van der Waals surface area contributed by atoms with E-state index in [2.05, 4.69) is 42.2 Å². The Morgan fingerprint density at radius 3 is 2.83 bits per heavy atom. The second kappa shape index (κ2) is 5.33. The van der Waals surface area contributed by atoms with Gasteiger partial charge >= 0.3 is 0 Å². The predicted octanol–water partition coefficient (Wildman–Crippen LogP) is 2.90. The highest BCUT2D eigenvalue weighted by molar-refractivity contribution is 5.44. The van der Waals surface area contributed by atoms with Crippen LogP contribution in [-0.4, -0.2) is 12.0 Å². The Kier molecular flexibility index (Phi) is 3.59. The molecule has 0 saturated carbocycles. The zero-order valence-electron chi connectivity index (χ0n) is 10.6. The molecule has 1 aromatic heterocycles. The number of aryl methyl sites for hydroxylation is 1. The van der Waals surface area contributed by atoms with E-state index in [9.17, 15) is 0 Å². The summed E-state index contributed by atoms with van der Waals surface area (Å²) < 4.78 is 0. The van der Waals surface area contributed by atoms with Crippen LogP contribution < -0.4 is 4.90 Å². The van der Waals surface area contributed by atoms with Gasteiger partial charge in [-0.2, -0.15) is 5.26 Å². The van der Waals surface area contributed by atoms with Crippen molar-refractivity contribution in [2.75, 3.05) is 11.9 Å². The number of anilines is 1. The first-order chi connectivity index (χ1) is 8.69. The highest BCUT2D eigenvalue weighted by Crippen LogP contribution is 2.14. The molecular formula is C15H15N3. The van der Waals surface area contributed by atoms with Crippen molar-refractivity contribution in [1.29, 1.82) is 5.26 Å². The van der Waals surface area contributed by atoms with Gasteiger partial charge in [0.25, 0.3) is 0 Å². The number of hydrogen-bond donors (Lipinski definition) is 0. The first-order valence-corrected chi connectivity index (χ1v) is 5.82. The fraction of sp³-hybridized carbons (Fsp3) is 0.200. The molecular weight excluding hydrogens is 222 g/mol. The summed E-state index contributed by atoms with van der Waals surface area (Å²) in [4.78, 5) is 6.32. The van der Waals surface area contributed by atoms with Gasteiger partial charge in [-0.25, -0.2) is 4.98 Å². The number of nitrogens with zero attached hydrogens (tertiary/aromatic N) is 3. The second-order valence-corrected chi connectivity index (χ2v) is 4.36. The Balaban J connectivity index is 2.17. The summed E-state index contributed by atoms with van der Waals surface area (Å²) in [6.07, 6.45) is 1.67. The third-order valence-corrected chi connectivity index (χ3v) is 2.77. The number of aromatic nitrogens is 1. The molecule has 0 bridgehead atoms. The van der Waals surface area contributed by atoms with Crippen LogP contribution in [0.2, 0.25) is 0 Å². The molecule has 2 aromatic rings. The summed E-state index contributed by atoms with van der Waals surface area (Å²) in [6.45, 7) is 2.86. The Morgan fingerprint density at radius 2 is 2.11 bits per heavy atom. The summed E-state index contributed by atoms with van der Waals surface area (Å²) in [5, 5.41) is 8.87. The molecule has 0 N–H and O–H groups in total. The summed E-state index contributed by atoms with van der Waals surface area (Å²) in [5.41, 5.74) is 3.12. The van der Waals surface area contributed by atoms with Crippen molar-refractivity contribution in [2.24, 2.45) is 0 Å². The van der Waals surface area contributed by atoms with Crippen molar-refractivity contribution >= 4 is 5.82 Å². The van der Waals surface area contributed by atoms with E-state index in [1.165, 1.54) is 11.1 Å². The molecule has 0 radical (unpaired) electrons. The molecule has 0 aliphatic rings. The highest BCUT2D eigenvalue weighted by atomic mass is 15.2. The summed E-state index contributed by atoms with van der Waals surface area (Å²) in [7, 11) is 1.98. The molecule has 3 nitrogen and oxygen atoms in total. The molecule has 0 fully saturated rings. The van der Waals surface area contributed by atoms with E-state index in [1.54, 1.807) is 18.3 Å². The molecule has 0 atom stereocenters. The molecule has 2 rings (SSSR count). The SMILES string of the molecule is Cc1cccc(CN(C)c2cc(C#N)ccn2)c1. The van der Waals surface area contributed by atoms with E-state index in [0.29, 0.717) is 5.56 Å². The molecule has 0 unspecified atom stereocenters. The van der Waals surface area contributed by atoms with Gasteiger partial charge in [0.2, 0.25) is 0 Å². The third kappa shape index (κ3) is 2.86. The number of rotatable bonds is 3. The average Bonchev–Trinajstić information content (AvgIpc) is 2.39. The minimum Gasteiger partial charge on any atom is -0.355 e. The first-order valence-electron chi connectivity index (χ1n) is 5.82. The van der Waals surface area contributed by atoms with E-state index >= 15 is 0 Å². The molecule has 90 valence electrons. The Hall–Kier alpha value is -2.34. The minimum atomic E-state index is 0.635. The second-order valence-electron chi connectivity index (χ2n) is 4.36. The average molecular weight is 237 g/mol. The van der Waals surface area contributed by atoms with Crippen LogP contribution in [0.4, 0.5) is 5.82 Å². The maximum absolute atomic E-state index is 8.87. The number of benzene rings is 1. The smallest absolute Gasteiger partial charge is 0.129 e. The Morgan fingerprint density at radius 1 is 1.28 bits per heavy atom. The Labute approximate surface area is 107 Å². The summed E-state index contributed by atoms with van der Waals surface area (Å²) in [5.74, 6) is 0.815. The fourth-order valence-corrected chi connectivity index (χ4v) is 1.86. The van der Waals surface area contributed by atoms with Crippen molar-refractivity contribution in [3.63, 3.8) is 0 Å². The van der Waals surface area contributed by atoms with Gasteiger partial charge in [0, 0.05) is 19.8 Å². The van der Waals surface area contributed by atoms with Crippen LogP contribution in [0.1, 0.15) is 16.7 Å². The van der Waals surface area contributed by atoms with Crippen molar-refractivity contribution < 1.29 is 0 Å². The predicted molar refractivity (Wildman–Crippen MR) is 72.2 cm³/mol. The quantitative estimate of drug-likeness (QED) is 0.824. The van der Waals surface area contributed by atoms with E-state index in [1.807, 2.05) is 11.9 Å². The number of hydrogen-bond acceptors (Lipinski definition) is 3. The molecule has 0 aliphatic heterocycles. The monoisotopic (exact) mass is 237 g/mol. The van der Waals surface area contributed by atoms with Crippen LogP contribution in [-0.2, 0) is 6.54 Å². The van der Waals surface area contributed by atoms with Crippen molar-refractivity contribution in [2.45, 2.75) is 13.5 Å². The lowest BCUT2D eigenvalue weighted by atomic mass is 10.1. The molecule has 3 heteroatoms. The van der Waals surface area contributed by atoms with Gasteiger partial charge in [0.1, 0.15) is 5.82 Å². The minimum absolute atomic E-state index is 0.635. The number of pyridine rings is 1. The first kappa shape index (κ1) is 12.1. The van der Waals surface area contributed by atoms with E-state index in [-0.39, 0.29) is 0 Å². The van der Waals surface area contributed by atoms with Crippen molar-refractivity contribution in [3.05, 3.63) is 59.3 Å². The Bertz CT molecular complexity index is 584. The van der Waals surface area contributed by atoms with Crippen LogP contribution >= 0.6 is 0 Å². The lowest BCUT2D eigenvalue weighted by molar-refractivity contribution is 0.896. The van der Waals surface area contributed by atoms with Crippen molar-refractivity contribution in [1.82, 2.24) is 4.98 Å². The van der Waals surface area contributed by atoms with Gasteiger partial charge < -0.3 is 4.90 Å². The van der Waals surface area contributed by atoms with Gasteiger partial charge in [-0.15, -0.1) is 0 Å². The maximum atomic E-state index is 8.87. The normalized spacial score (nSPS) is 9.83. The summed E-state index contributed by atoms with van der Waals surface area (Å²) in [6, 6.07) is 14.0. The lowest BCUT2D eigenvalue weighted by Crippen LogP contribution is -2.17. The maximum Gasteiger partial charge on any atom is 0.129 e. The van der Waals surface area contributed by atoms with Crippen LogP contribution in [0.15, 0.2) is 42.6 Å². The van der Waals surface area contributed by atoms with Crippen LogP contribution in [0.25, 0.3) is 0 Å². The number of nitriles is 1. The van der Waals surface area contributed by atoms with E-state index < -0.39 is 0 Å². The van der Waals surface area contributed by atoms with Gasteiger partial charge in [0.05, 0.1) is 11.6 Å². The van der Waals surface area contributed by atoms with Crippen LogP contribution in [0.5, 0.6) is 0 Å². The molecule has 1 heterocycles. The zero-order chi connectivity index (χ0) is 13.0. The van der Waals surface area contributed by atoms with Crippen LogP contribution in [0.3, 0.4) is 0 Å². The largest absolute Gasteiger partial charge is 0.355 e. The van der Waals surface area contributed by atoms with Gasteiger partial charge in [-0.3, -0.25) is 0 Å². The van der Waals surface area contributed by atoms with E-state index in [4.69, 9.17) is 5.26 Å². The third-order valence-electron chi connectivity index (χ3n) is 2.77. The topological polar surface area (TPSA) is 39.9 Å². The van der Waals surface area contributed by atoms with Gasteiger partial charge in [0.15, 0.2) is 0 Å². The van der Waals surface area contributed by atoms with E-state index in [0.717, 1.165) is 12.4 Å². The zero-order valence-corrected chi connectivity index (χ0v) is 10.6. The molecule has 18 heavy (non-hydrogen) atoms. The molecule has 0 amide bonds. The van der Waals surface area contributed by atoms with Gasteiger partial charge in [-0.1, -0.05) is 29.8 Å². The standard InChI is InChI=1S/C15H15N3/c1-12-4-3-5-14(8-12)11-18(2)15-9-13(10-16)6-7-17-15/h3-9H,11H2,1-2H3.